The smallest absolute Gasteiger partial charge is 0.394 e. The molecule has 10 heteroatoms. The number of aliphatic hydroxyl groups is 1. The van der Waals surface area contributed by atoms with Crippen LogP contribution in [0.5, 0.6) is 0 Å². The Bertz CT molecular complexity index is 937. The van der Waals surface area contributed by atoms with Crippen molar-refractivity contribution in [3.8, 4) is 0 Å². The molecule has 0 spiro atoms. The monoisotopic (exact) mass is 401 g/mol. The summed E-state index contributed by atoms with van der Waals surface area (Å²) in [6.45, 7) is 1.64. The summed E-state index contributed by atoms with van der Waals surface area (Å²) in [5.41, 5.74) is 0.411. The molecule has 0 saturated carbocycles. The zero-order valence-corrected chi connectivity index (χ0v) is 15.4. The summed E-state index contributed by atoms with van der Waals surface area (Å²) in [6.07, 6.45) is 2.10. The molecule has 146 valence electrons. The number of alkyl halides is 3. The average molecular weight is 401 g/mol. The van der Waals surface area contributed by atoms with Crippen molar-refractivity contribution in [2.75, 3.05) is 19.5 Å². The number of aliphatic hydroxyl groups excluding tert-OH is 1. The van der Waals surface area contributed by atoms with Gasteiger partial charge in [-0.2, -0.15) is 13.2 Å². The van der Waals surface area contributed by atoms with Crippen molar-refractivity contribution >= 4 is 22.0 Å². The van der Waals surface area contributed by atoms with Gasteiger partial charge in [0.1, 0.15) is 17.0 Å². The van der Waals surface area contributed by atoms with Gasteiger partial charge < -0.3 is 5.11 Å². The third kappa shape index (κ3) is 3.78. The van der Waals surface area contributed by atoms with Crippen LogP contribution in [-0.4, -0.2) is 42.8 Å². The van der Waals surface area contributed by atoms with Gasteiger partial charge >= 0.3 is 6.18 Å². The van der Waals surface area contributed by atoms with E-state index in [1.54, 1.807) is 12.3 Å². The lowest BCUT2D eigenvalue weighted by molar-refractivity contribution is -0.152. The van der Waals surface area contributed by atoms with Crippen molar-refractivity contribution in [3.63, 3.8) is 0 Å². The van der Waals surface area contributed by atoms with Gasteiger partial charge in [-0.1, -0.05) is 6.08 Å². The van der Waals surface area contributed by atoms with E-state index < -0.39 is 28.8 Å². The number of hydrogen-bond donors (Lipinski definition) is 1. The van der Waals surface area contributed by atoms with Gasteiger partial charge in [-0.15, -0.1) is 0 Å². The third-order valence-electron chi connectivity index (χ3n) is 4.08. The van der Waals surface area contributed by atoms with Crippen molar-refractivity contribution in [1.82, 2.24) is 14.0 Å². The zero-order chi connectivity index (χ0) is 19.8. The molecule has 1 aromatic heterocycles. The molecule has 0 bridgehead atoms. The lowest BCUT2D eigenvalue weighted by Crippen LogP contribution is -2.30. The molecule has 1 aliphatic heterocycles. The highest BCUT2D eigenvalue weighted by atomic mass is 32.2. The van der Waals surface area contributed by atoms with Gasteiger partial charge in [0, 0.05) is 12.5 Å². The van der Waals surface area contributed by atoms with Gasteiger partial charge in [0.2, 0.25) is 0 Å². The Morgan fingerprint density at radius 1 is 1.37 bits per heavy atom. The normalized spacial score (nSPS) is 18.8. The van der Waals surface area contributed by atoms with Crippen LogP contribution in [0.25, 0.3) is 11.0 Å². The molecule has 0 aliphatic carbocycles. The predicted octanol–water partition coefficient (Wildman–Crippen LogP) is 2.94. The molecule has 6 nitrogen and oxygen atoms in total. The molecule has 1 N–H and O–H groups in total. The number of imidazole rings is 1. The lowest BCUT2D eigenvalue weighted by atomic mass is 10.1. The molecule has 2 atom stereocenters. The van der Waals surface area contributed by atoms with Crippen LogP contribution in [0.1, 0.15) is 24.4 Å². The number of halogens is 3. The van der Waals surface area contributed by atoms with Crippen LogP contribution in [0, 0.1) is 0 Å². The van der Waals surface area contributed by atoms with E-state index in [0.29, 0.717) is 11.3 Å². The fourth-order valence-corrected chi connectivity index (χ4v) is 3.77. The number of aromatic nitrogens is 2. The van der Waals surface area contributed by atoms with Crippen LogP contribution in [0.15, 0.2) is 42.1 Å². The minimum atomic E-state index is -4.50. The maximum absolute atomic E-state index is 13.0. The summed E-state index contributed by atoms with van der Waals surface area (Å²) in [7, 11) is -1.56. The summed E-state index contributed by atoms with van der Waals surface area (Å²) >= 11 is 0. The Kier molecular flexibility index (Phi) is 5.41. The van der Waals surface area contributed by atoms with Crippen LogP contribution >= 0.6 is 0 Å². The molecular formula is C17H18F3N3O3S. The van der Waals surface area contributed by atoms with E-state index in [2.05, 4.69) is 4.98 Å². The first-order valence-electron chi connectivity index (χ1n) is 8.04. The molecule has 0 fully saturated rings. The van der Waals surface area contributed by atoms with Crippen molar-refractivity contribution in [1.29, 1.82) is 0 Å². The first-order chi connectivity index (χ1) is 12.7. The third-order valence-corrected chi connectivity index (χ3v) is 4.97. The second-order valence-corrected chi connectivity index (χ2v) is 7.17. The Morgan fingerprint density at radius 3 is 2.74 bits per heavy atom. The zero-order valence-electron chi connectivity index (χ0n) is 14.6. The summed E-state index contributed by atoms with van der Waals surface area (Å²) in [5, 5.41) is 10.5. The fraction of sp³-hybridized carbons (Fsp3) is 0.353. The minimum absolute atomic E-state index is 0.0295. The van der Waals surface area contributed by atoms with Crippen LogP contribution in [-0.2, 0) is 22.0 Å². The van der Waals surface area contributed by atoms with Gasteiger partial charge in [-0.25, -0.2) is 18.2 Å². The highest BCUT2D eigenvalue weighted by Crippen LogP contribution is 2.36. The number of rotatable bonds is 5. The highest BCUT2D eigenvalue weighted by Gasteiger charge is 2.33. The van der Waals surface area contributed by atoms with Gasteiger partial charge in [0.15, 0.2) is 5.82 Å². The lowest BCUT2D eigenvalue weighted by Gasteiger charge is -2.31. The number of benzene rings is 1. The van der Waals surface area contributed by atoms with Gasteiger partial charge in [-0.3, -0.25) is 4.84 Å². The quantitative estimate of drug-likeness (QED) is 0.835. The molecule has 3 rings (SSSR count). The number of allylic oxidation sites excluding steroid dienone is 2. The van der Waals surface area contributed by atoms with Crippen molar-refractivity contribution < 1.29 is 27.3 Å². The Labute approximate surface area is 156 Å². The van der Waals surface area contributed by atoms with Crippen LogP contribution in [0.3, 0.4) is 0 Å². The standard InChI is InChI=1S/C17H18F3N3O3S/c1-11-4-3-7-22(26-9-8-24)15(11)16-21-13-10-12(17(18,19)20)5-6-14(13)23(16)27(2)25/h3-7,10,15,24H,8-9H2,1-2H3. The number of hydroxylamine groups is 2. The minimum Gasteiger partial charge on any atom is -0.394 e. The van der Waals surface area contributed by atoms with E-state index in [4.69, 9.17) is 9.94 Å². The largest absolute Gasteiger partial charge is 0.416 e. The summed E-state index contributed by atoms with van der Waals surface area (Å²) < 4.78 is 52.9. The molecule has 2 heterocycles. The van der Waals surface area contributed by atoms with Crippen molar-refractivity contribution in [2.45, 2.75) is 19.1 Å². The molecule has 2 aromatic rings. The summed E-state index contributed by atoms with van der Waals surface area (Å²) in [5.74, 6) is 0.293. The van der Waals surface area contributed by atoms with Gasteiger partial charge in [0.05, 0.1) is 29.8 Å². The molecule has 27 heavy (non-hydrogen) atoms. The maximum atomic E-state index is 13.0. The van der Waals surface area contributed by atoms with E-state index in [1.165, 1.54) is 21.4 Å². The number of fused-ring (bicyclic) bond motifs is 1. The first kappa shape index (κ1) is 19.6. The van der Waals surface area contributed by atoms with E-state index in [1.807, 2.05) is 13.0 Å². The topological polar surface area (TPSA) is 67.6 Å². The molecule has 1 aliphatic rings. The highest BCUT2D eigenvalue weighted by molar-refractivity contribution is 7.82. The Hall–Kier alpha value is -2.17. The first-order valence-corrected chi connectivity index (χ1v) is 9.56. The molecule has 2 unspecified atom stereocenters. The second-order valence-electron chi connectivity index (χ2n) is 5.96. The molecular weight excluding hydrogens is 383 g/mol. The number of hydrogen-bond acceptors (Lipinski definition) is 5. The Morgan fingerprint density at radius 2 is 2.11 bits per heavy atom. The van der Waals surface area contributed by atoms with Crippen molar-refractivity contribution in [3.05, 3.63) is 53.5 Å². The summed E-state index contributed by atoms with van der Waals surface area (Å²) in [4.78, 5) is 9.85. The van der Waals surface area contributed by atoms with E-state index in [9.17, 15) is 17.4 Å². The van der Waals surface area contributed by atoms with Crippen molar-refractivity contribution in [2.24, 2.45) is 0 Å². The Balaban J connectivity index is 2.17. The number of nitrogens with zero attached hydrogens (tertiary/aromatic N) is 3. The SMILES string of the molecule is CC1=CC=CN(OCCO)C1c1nc2cc(C(F)(F)F)ccc2n1S(C)=O. The van der Waals surface area contributed by atoms with Crippen LogP contribution in [0.2, 0.25) is 0 Å². The van der Waals surface area contributed by atoms with E-state index in [0.717, 1.165) is 17.7 Å². The maximum Gasteiger partial charge on any atom is 0.416 e. The molecule has 0 amide bonds. The molecule has 1 aromatic carbocycles. The second kappa shape index (κ2) is 7.45. The van der Waals surface area contributed by atoms with Crippen LogP contribution < -0.4 is 0 Å². The van der Waals surface area contributed by atoms with Gasteiger partial charge in [0.25, 0.3) is 0 Å². The summed E-state index contributed by atoms with van der Waals surface area (Å²) in [6, 6.07) is 2.57. The van der Waals surface area contributed by atoms with Gasteiger partial charge in [-0.05, 0) is 36.8 Å². The fourth-order valence-electron chi connectivity index (χ4n) is 2.93. The molecule has 0 saturated heterocycles. The van der Waals surface area contributed by atoms with E-state index >= 15 is 0 Å². The van der Waals surface area contributed by atoms with Crippen LogP contribution in [0.4, 0.5) is 13.2 Å². The van der Waals surface area contributed by atoms with E-state index in [-0.39, 0.29) is 18.7 Å². The molecule has 0 radical (unpaired) electrons. The average Bonchev–Trinajstić information content (AvgIpc) is 2.97. The predicted molar refractivity (Wildman–Crippen MR) is 94.7 cm³/mol.